The number of fused-ring (bicyclic) bond motifs is 5. The predicted molar refractivity (Wildman–Crippen MR) is 309 cm³/mol. The van der Waals surface area contributed by atoms with Crippen LogP contribution >= 0.6 is 0 Å². The molecule has 32 heteroatoms. The van der Waals surface area contributed by atoms with Crippen molar-refractivity contribution in [3.63, 3.8) is 0 Å². The van der Waals surface area contributed by atoms with E-state index in [1.165, 1.54) is 30.3 Å². The minimum Gasteiger partial charge on any atom is -0.744 e. The Morgan fingerprint density at radius 2 is 0.653 bits per heavy atom. The third-order valence-corrected chi connectivity index (χ3v) is 17.5. The standard InChI is InChI=1S/C69H28F16O10S2.4Na/c70-49-45(47-53(74)61(82)67(62(83)54(47)75)94-43-15-7-9-30-26-35(96(86,87)88)24-25-38(30)43)50(71)58(79)65(57(49)78)92-33-20-16-31(17-21-33)69(41-13-5-3-11-39(41)40-12-4-6-14-42(40)69)32-18-22-34(23-19-32)93-66-59(80)51(72)46(52(73)60(66)81)48-55(76)63(84)68(64(85)56(48)77)95-44-28-36(97(89,90)91)27-29-8-1-2-10-37(29)44;;;;/h2-6,8-28H,(H,86,87,88)(H,89,90,91);;;;/q-2;4*+1/p-2. The van der Waals surface area contributed by atoms with Crippen LogP contribution in [-0.4, -0.2) is 25.9 Å². The molecule has 490 valence electrons. The van der Waals surface area contributed by atoms with Gasteiger partial charge in [0, 0.05) is 15.5 Å². The van der Waals surface area contributed by atoms with E-state index in [9.17, 15) is 25.9 Å². The summed E-state index contributed by atoms with van der Waals surface area (Å²) >= 11 is 0. The van der Waals surface area contributed by atoms with Gasteiger partial charge in [0.25, 0.3) is 0 Å². The monoisotopic (exact) mass is 1470 g/mol. The number of hydrogen-bond donors (Lipinski definition) is 0. The molecule has 0 saturated heterocycles. The summed E-state index contributed by atoms with van der Waals surface area (Å²) in [5.41, 5.74) is -7.87. The second kappa shape index (κ2) is 29.7. The van der Waals surface area contributed by atoms with Crippen LogP contribution in [0.5, 0.6) is 46.0 Å². The Balaban J connectivity index is 0.00000297. The quantitative estimate of drug-likeness (QED) is 0.0388. The van der Waals surface area contributed by atoms with Crippen molar-refractivity contribution in [1.29, 1.82) is 0 Å². The van der Waals surface area contributed by atoms with E-state index in [4.69, 9.17) is 18.9 Å². The topological polar surface area (TPSA) is 151 Å². The molecule has 0 saturated carbocycles. The zero-order valence-corrected chi connectivity index (χ0v) is 61.1. The molecule has 10 nitrogen and oxygen atoms in total. The summed E-state index contributed by atoms with van der Waals surface area (Å²) in [6.45, 7) is 0. The largest absolute Gasteiger partial charge is 1.00 e. The molecule has 0 spiro atoms. The van der Waals surface area contributed by atoms with Gasteiger partial charge in [-0.3, -0.25) is 0 Å². The molecule has 12 aromatic rings. The van der Waals surface area contributed by atoms with Crippen LogP contribution in [0.15, 0.2) is 168 Å². The second-order valence-electron chi connectivity index (χ2n) is 21.2. The van der Waals surface area contributed by atoms with Crippen molar-refractivity contribution >= 4 is 41.8 Å². The third-order valence-electron chi connectivity index (χ3n) is 15.8. The van der Waals surface area contributed by atoms with Gasteiger partial charge < -0.3 is 28.1 Å². The van der Waals surface area contributed by atoms with Crippen LogP contribution in [0.3, 0.4) is 0 Å². The first kappa shape index (κ1) is 78.2. The van der Waals surface area contributed by atoms with E-state index in [1.54, 1.807) is 48.5 Å². The zero-order valence-electron chi connectivity index (χ0n) is 51.5. The number of rotatable bonds is 14. The fraction of sp³-hybridized carbons (Fsp3) is 0.0145. The third kappa shape index (κ3) is 13.3. The van der Waals surface area contributed by atoms with E-state index in [1.807, 2.05) is 0 Å². The molecule has 1 aliphatic rings. The summed E-state index contributed by atoms with van der Waals surface area (Å²) in [4.78, 5) is -1.79. The van der Waals surface area contributed by atoms with E-state index < -0.39 is 197 Å². The van der Waals surface area contributed by atoms with Gasteiger partial charge in [-0.1, -0.05) is 102 Å². The van der Waals surface area contributed by atoms with Gasteiger partial charge in [0.15, 0.2) is 52.3 Å². The van der Waals surface area contributed by atoms with Crippen molar-refractivity contribution in [3.05, 3.63) is 285 Å². The normalized spacial score (nSPS) is 12.2. The van der Waals surface area contributed by atoms with E-state index in [-0.39, 0.29) is 151 Å². The molecular weight excluding hydrogens is 1450 g/mol. The average molecular weight is 1480 g/mol. The van der Waals surface area contributed by atoms with Crippen LogP contribution in [-0.2, 0) is 25.7 Å². The van der Waals surface area contributed by atoms with Crippen LogP contribution in [0.1, 0.15) is 22.3 Å². The van der Waals surface area contributed by atoms with Crippen LogP contribution in [0, 0.1) is 105 Å². The second-order valence-corrected chi connectivity index (χ2v) is 23.9. The predicted octanol–water partition coefficient (Wildman–Crippen LogP) is 6.51. The molecule has 0 amide bonds. The van der Waals surface area contributed by atoms with Gasteiger partial charge in [0.05, 0.1) is 27.7 Å². The van der Waals surface area contributed by atoms with E-state index >= 15 is 70.2 Å². The van der Waals surface area contributed by atoms with Crippen molar-refractivity contribution in [3.8, 4) is 79.4 Å². The minimum absolute atomic E-state index is 0. The Bertz CT molecular complexity index is 5490. The number of ether oxygens (including phenoxy) is 4. The first-order valence-electron chi connectivity index (χ1n) is 27.4. The summed E-state index contributed by atoms with van der Waals surface area (Å²) in [6.07, 6.45) is 0. The molecule has 1 aliphatic carbocycles. The number of hydrogen-bond acceptors (Lipinski definition) is 10. The van der Waals surface area contributed by atoms with Gasteiger partial charge >= 0.3 is 118 Å². The van der Waals surface area contributed by atoms with Crippen LogP contribution in [0.2, 0.25) is 0 Å². The molecule has 101 heavy (non-hydrogen) atoms. The van der Waals surface area contributed by atoms with E-state index in [0.29, 0.717) is 28.3 Å². The molecule has 0 bridgehead atoms. The molecule has 0 aliphatic heterocycles. The van der Waals surface area contributed by atoms with Crippen LogP contribution in [0.25, 0.3) is 54.9 Å². The molecule has 0 unspecified atom stereocenters. The Morgan fingerprint density at radius 1 is 0.327 bits per heavy atom. The smallest absolute Gasteiger partial charge is 0.744 e. The summed E-state index contributed by atoms with van der Waals surface area (Å²) < 4.78 is 346. The van der Waals surface area contributed by atoms with Crippen molar-refractivity contribution < 1.29 is 233 Å². The SMILES string of the molecule is O=S(=O)([O-])c1ccc2c(Oc3c(F)c(F)c(-c4c(F)c(F)c(Oc5ccc(C6(c7ccc(Oc8c(F)c(F)c(-c9c(F)c(F)c(Oc%10cc(S(=O)(=O)[O-])cc%11c[c-]ccc%10%11)c(F)c9F)c(F)c8F)cc7)c7ccccc7-c7ccccc76)cc5)c(F)c4F)c(F)c3F)c[c-]cc2c1.[Na+].[Na+].[Na+].[Na+]. The maximum atomic E-state index is 16.1. The summed E-state index contributed by atoms with van der Waals surface area (Å²) in [7, 11) is -10.3. The van der Waals surface area contributed by atoms with Gasteiger partial charge in [-0.15, -0.1) is 16.8 Å². The average Bonchev–Trinajstić information content (AvgIpc) is 1.60. The van der Waals surface area contributed by atoms with Gasteiger partial charge in [0.1, 0.15) is 37.5 Å². The minimum atomic E-state index is -5.31. The Hall–Kier alpha value is -6.94. The molecule has 0 heterocycles. The molecule has 0 aromatic heterocycles. The molecule has 0 radical (unpaired) electrons. The Kier molecular flexibility index (Phi) is 23.0. The summed E-state index contributed by atoms with van der Waals surface area (Å²) in [5, 5.41) is -0.651. The van der Waals surface area contributed by atoms with Gasteiger partial charge in [-0.05, 0) is 69.8 Å². The van der Waals surface area contributed by atoms with Gasteiger partial charge in [0.2, 0.25) is 63.8 Å². The maximum Gasteiger partial charge on any atom is 1.00 e. The summed E-state index contributed by atoms with van der Waals surface area (Å²) in [6, 6.07) is 37.1. The van der Waals surface area contributed by atoms with E-state index in [2.05, 4.69) is 12.1 Å². The van der Waals surface area contributed by atoms with Crippen LogP contribution < -0.4 is 137 Å². The van der Waals surface area contributed by atoms with Gasteiger partial charge in [-0.25, -0.2) is 52.0 Å². The molecule has 0 fully saturated rings. The van der Waals surface area contributed by atoms with E-state index in [0.717, 1.165) is 72.8 Å². The van der Waals surface area contributed by atoms with Gasteiger partial charge in [-0.2, -0.15) is 71.5 Å². The van der Waals surface area contributed by atoms with Crippen LogP contribution in [0.4, 0.5) is 70.2 Å². The van der Waals surface area contributed by atoms with Crippen molar-refractivity contribution in [2.75, 3.05) is 0 Å². The number of benzene rings is 12. The molecule has 0 atom stereocenters. The maximum absolute atomic E-state index is 16.1. The first-order valence-corrected chi connectivity index (χ1v) is 30.2. The zero-order chi connectivity index (χ0) is 69.2. The fourth-order valence-electron chi connectivity index (χ4n) is 11.5. The van der Waals surface area contributed by atoms with Crippen molar-refractivity contribution in [2.24, 2.45) is 0 Å². The van der Waals surface area contributed by atoms with Crippen molar-refractivity contribution in [2.45, 2.75) is 15.2 Å². The molecular formula is C69H26F16Na4O10S2. The summed E-state index contributed by atoms with van der Waals surface area (Å²) in [5.74, 6) is -51.3. The molecule has 0 N–H and O–H groups in total. The molecule has 12 aromatic carbocycles. The van der Waals surface area contributed by atoms with Crippen molar-refractivity contribution in [1.82, 2.24) is 0 Å². The fourth-order valence-corrected chi connectivity index (χ4v) is 12.6. The Morgan fingerprint density at radius 3 is 1.03 bits per heavy atom. The number of halogens is 16. The first-order chi connectivity index (χ1) is 46.0. The Labute approximate surface area is 648 Å². The molecule has 13 rings (SSSR count).